The number of halogens is 3. The molecule has 1 aromatic carbocycles. The zero-order valence-corrected chi connectivity index (χ0v) is 13.7. The second kappa shape index (κ2) is 7.18. The van der Waals surface area contributed by atoms with Gasteiger partial charge < -0.3 is 5.32 Å². The van der Waals surface area contributed by atoms with Gasteiger partial charge in [0.2, 0.25) is 5.91 Å². The van der Waals surface area contributed by atoms with Gasteiger partial charge in [-0.15, -0.1) is 11.3 Å². The number of nitro groups is 1. The van der Waals surface area contributed by atoms with Crippen LogP contribution in [0.3, 0.4) is 0 Å². The van der Waals surface area contributed by atoms with Crippen molar-refractivity contribution in [3.63, 3.8) is 0 Å². The molecule has 1 N–H and O–H groups in total. The molecule has 1 heterocycles. The molecular formula is C13H10F3N3O3S2. The SMILES string of the molecule is Cc1ccc(-c2csc(NC(=O)CSC(F)(F)F)n2)cc1[N+](=O)[O-]. The average molecular weight is 377 g/mol. The normalized spacial score (nSPS) is 11.3. The van der Waals surface area contributed by atoms with Crippen molar-refractivity contribution in [3.8, 4) is 11.3 Å². The molecule has 0 spiro atoms. The van der Waals surface area contributed by atoms with E-state index in [1.165, 1.54) is 6.07 Å². The number of benzene rings is 1. The average Bonchev–Trinajstić information content (AvgIpc) is 2.93. The van der Waals surface area contributed by atoms with Gasteiger partial charge in [-0.2, -0.15) is 13.2 Å². The summed E-state index contributed by atoms with van der Waals surface area (Å²) < 4.78 is 36.1. The number of nitrogens with zero attached hydrogens (tertiary/aromatic N) is 2. The number of thioether (sulfide) groups is 1. The Morgan fingerprint density at radius 3 is 2.79 bits per heavy atom. The van der Waals surface area contributed by atoms with Gasteiger partial charge in [0, 0.05) is 22.6 Å². The lowest BCUT2D eigenvalue weighted by Crippen LogP contribution is -2.16. The van der Waals surface area contributed by atoms with Crippen LogP contribution in [0.15, 0.2) is 23.6 Å². The van der Waals surface area contributed by atoms with E-state index < -0.39 is 33.9 Å². The Morgan fingerprint density at radius 2 is 2.17 bits per heavy atom. The number of alkyl halides is 3. The minimum atomic E-state index is -4.48. The van der Waals surface area contributed by atoms with Crippen LogP contribution in [-0.4, -0.2) is 27.1 Å². The van der Waals surface area contributed by atoms with Crippen molar-refractivity contribution in [1.29, 1.82) is 0 Å². The summed E-state index contributed by atoms with van der Waals surface area (Å²) >= 11 is 0.582. The first-order valence-electron chi connectivity index (χ1n) is 6.37. The predicted octanol–water partition coefficient (Wildman–Crippen LogP) is 4.22. The Morgan fingerprint density at radius 1 is 1.46 bits per heavy atom. The zero-order chi connectivity index (χ0) is 17.9. The van der Waals surface area contributed by atoms with Gasteiger partial charge in [-0.1, -0.05) is 12.1 Å². The number of aromatic nitrogens is 1. The molecule has 0 atom stereocenters. The van der Waals surface area contributed by atoms with Gasteiger partial charge in [0.1, 0.15) is 0 Å². The number of hydrogen-bond acceptors (Lipinski definition) is 6. The van der Waals surface area contributed by atoms with Crippen LogP contribution >= 0.6 is 23.1 Å². The smallest absolute Gasteiger partial charge is 0.301 e. The van der Waals surface area contributed by atoms with E-state index >= 15 is 0 Å². The lowest BCUT2D eigenvalue weighted by Gasteiger charge is -2.04. The first-order chi connectivity index (χ1) is 11.2. The van der Waals surface area contributed by atoms with E-state index in [1.807, 2.05) is 0 Å². The summed E-state index contributed by atoms with van der Waals surface area (Å²) in [5.41, 5.74) is -3.17. The molecular weight excluding hydrogens is 367 g/mol. The van der Waals surface area contributed by atoms with E-state index in [4.69, 9.17) is 0 Å². The molecule has 0 saturated carbocycles. The molecule has 2 aromatic rings. The molecule has 0 fully saturated rings. The van der Waals surface area contributed by atoms with Crippen molar-refractivity contribution in [1.82, 2.24) is 4.98 Å². The van der Waals surface area contributed by atoms with Gasteiger partial charge in [0.05, 0.1) is 16.4 Å². The largest absolute Gasteiger partial charge is 0.442 e. The van der Waals surface area contributed by atoms with Gasteiger partial charge in [-0.25, -0.2) is 4.98 Å². The monoisotopic (exact) mass is 377 g/mol. The summed E-state index contributed by atoms with van der Waals surface area (Å²) in [6.07, 6.45) is 0. The fraction of sp³-hybridized carbons (Fsp3) is 0.231. The third-order valence-corrected chi connectivity index (χ3v) is 4.31. The molecule has 0 unspecified atom stereocenters. The molecule has 2 rings (SSSR count). The maximum atomic E-state index is 12.0. The first kappa shape index (κ1) is 18.2. The second-order valence-corrected chi connectivity index (χ2v) is 6.48. The number of hydrogen-bond donors (Lipinski definition) is 1. The Kier molecular flexibility index (Phi) is 5.44. The van der Waals surface area contributed by atoms with E-state index in [0.717, 1.165) is 11.3 Å². The molecule has 0 aliphatic rings. The fourth-order valence-electron chi connectivity index (χ4n) is 1.73. The number of aryl methyl sites for hydroxylation is 1. The maximum Gasteiger partial charge on any atom is 0.442 e. The lowest BCUT2D eigenvalue weighted by atomic mass is 10.1. The van der Waals surface area contributed by atoms with Crippen molar-refractivity contribution in [2.24, 2.45) is 0 Å². The second-order valence-electron chi connectivity index (χ2n) is 4.58. The zero-order valence-electron chi connectivity index (χ0n) is 12.1. The standard InChI is InChI=1S/C13H10F3N3O3S2/c1-7-2-3-8(4-10(7)19(21)22)9-5-23-12(17-9)18-11(20)6-24-13(14,15)16/h2-5H,6H2,1H3,(H,17,18,20). The van der Waals surface area contributed by atoms with Crippen molar-refractivity contribution in [2.75, 3.05) is 11.1 Å². The van der Waals surface area contributed by atoms with Crippen LogP contribution in [0.25, 0.3) is 11.3 Å². The van der Waals surface area contributed by atoms with E-state index in [9.17, 15) is 28.1 Å². The third-order valence-electron chi connectivity index (χ3n) is 2.82. The molecule has 1 aromatic heterocycles. The highest BCUT2D eigenvalue weighted by Crippen LogP contribution is 2.31. The van der Waals surface area contributed by atoms with Crippen molar-refractivity contribution >= 4 is 39.8 Å². The molecule has 0 radical (unpaired) electrons. The Bertz CT molecular complexity index is 777. The molecule has 1 amide bonds. The van der Waals surface area contributed by atoms with Crippen LogP contribution in [0.2, 0.25) is 0 Å². The summed E-state index contributed by atoms with van der Waals surface area (Å²) in [5, 5.41) is 14.9. The summed E-state index contributed by atoms with van der Waals surface area (Å²) in [4.78, 5) is 25.9. The quantitative estimate of drug-likeness (QED) is 0.623. The van der Waals surface area contributed by atoms with Crippen LogP contribution < -0.4 is 5.32 Å². The number of carbonyl (C=O) groups is 1. The highest BCUT2D eigenvalue weighted by Gasteiger charge is 2.29. The Labute approximate surface area is 142 Å². The number of amides is 1. The molecule has 0 bridgehead atoms. The van der Waals surface area contributed by atoms with E-state index in [1.54, 1.807) is 24.4 Å². The van der Waals surface area contributed by atoms with Crippen LogP contribution in [0, 0.1) is 17.0 Å². The number of nitro benzene ring substituents is 1. The topological polar surface area (TPSA) is 85.1 Å². The molecule has 128 valence electrons. The van der Waals surface area contributed by atoms with Crippen LogP contribution in [-0.2, 0) is 4.79 Å². The van der Waals surface area contributed by atoms with Gasteiger partial charge in [-0.3, -0.25) is 14.9 Å². The van der Waals surface area contributed by atoms with Crippen LogP contribution in [0.4, 0.5) is 24.0 Å². The van der Waals surface area contributed by atoms with Crippen molar-refractivity contribution in [3.05, 3.63) is 39.3 Å². The highest BCUT2D eigenvalue weighted by molar-refractivity contribution is 8.00. The summed E-state index contributed by atoms with van der Waals surface area (Å²) in [5.74, 6) is -1.60. The van der Waals surface area contributed by atoms with Gasteiger partial charge >= 0.3 is 5.51 Å². The maximum absolute atomic E-state index is 12.0. The summed E-state index contributed by atoms with van der Waals surface area (Å²) in [6.45, 7) is 1.60. The molecule has 11 heteroatoms. The number of carbonyl (C=O) groups excluding carboxylic acids is 1. The van der Waals surface area contributed by atoms with Crippen molar-refractivity contribution in [2.45, 2.75) is 12.4 Å². The number of anilines is 1. The predicted molar refractivity (Wildman–Crippen MR) is 86.1 cm³/mol. The Balaban J connectivity index is 2.09. The van der Waals surface area contributed by atoms with Gasteiger partial charge in [0.25, 0.3) is 5.69 Å². The lowest BCUT2D eigenvalue weighted by molar-refractivity contribution is -0.385. The van der Waals surface area contributed by atoms with Crippen LogP contribution in [0.5, 0.6) is 0 Å². The Hall–Kier alpha value is -2.14. The highest BCUT2D eigenvalue weighted by atomic mass is 32.2. The van der Waals surface area contributed by atoms with E-state index in [0.29, 0.717) is 16.8 Å². The fourth-order valence-corrected chi connectivity index (χ4v) is 2.83. The summed E-state index contributed by atoms with van der Waals surface area (Å²) in [7, 11) is 0. The molecule has 0 aliphatic carbocycles. The van der Waals surface area contributed by atoms with Gasteiger partial charge in [-0.05, 0) is 18.7 Å². The molecule has 6 nitrogen and oxygen atoms in total. The van der Waals surface area contributed by atoms with E-state index in [2.05, 4.69) is 10.3 Å². The first-order valence-corrected chi connectivity index (χ1v) is 8.24. The van der Waals surface area contributed by atoms with Gasteiger partial charge in [0.15, 0.2) is 5.13 Å². The number of nitrogens with one attached hydrogen (secondary N) is 1. The minimum Gasteiger partial charge on any atom is -0.301 e. The molecule has 0 aliphatic heterocycles. The minimum absolute atomic E-state index is 0.0623. The number of rotatable bonds is 5. The molecule has 24 heavy (non-hydrogen) atoms. The third kappa shape index (κ3) is 4.93. The molecule has 0 saturated heterocycles. The summed E-state index contributed by atoms with van der Waals surface area (Å²) in [6, 6.07) is 4.57. The van der Waals surface area contributed by atoms with Crippen molar-refractivity contribution < 1.29 is 22.9 Å². The van der Waals surface area contributed by atoms with E-state index in [-0.39, 0.29) is 10.8 Å². The number of thiazole rings is 1. The van der Waals surface area contributed by atoms with Crippen LogP contribution in [0.1, 0.15) is 5.56 Å².